The fourth-order valence-corrected chi connectivity index (χ4v) is 3.11. The molecule has 2 heterocycles. The number of halogens is 1. The second-order valence-electron chi connectivity index (χ2n) is 6.87. The number of benzene rings is 1. The van der Waals surface area contributed by atoms with Crippen LogP contribution in [0, 0.1) is 0 Å². The highest BCUT2D eigenvalue weighted by molar-refractivity contribution is 6.32. The molecule has 32 heavy (non-hydrogen) atoms. The smallest absolute Gasteiger partial charge is 0.257 e. The zero-order valence-corrected chi connectivity index (χ0v) is 18.9. The van der Waals surface area contributed by atoms with Crippen molar-refractivity contribution in [3.63, 3.8) is 0 Å². The second-order valence-corrected chi connectivity index (χ2v) is 7.28. The molecule has 0 atom stereocenters. The Morgan fingerprint density at radius 1 is 1.03 bits per heavy atom. The van der Waals surface area contributed by atoms with Crippen LogP contribution in [0.2, 0.25) is 5.02 Å². The van der Waals surface area contributed by atoms with Gasteiger partial charge in [-0.05, 0) is 55.3 Å². The molecule has 168 valence electrons. The van der Waals surface area contributed by atoms with Crippen LogP contribution in [0.25, 0.3) is 0 Å². The lowest BCUT2D eigenvalue weighted by atomic mass is 10.2. The minimum atomic E-state index is -0.388. The van der Waals surface area contributed by atoms with E-state index in [1.165, 1.54) is 0 Å². The van der Waals surface area contributed by atoms with Crippen LogP contribution in [0.5, 0.6) is 17.2 Å². The molecule has 8 heteroatoms. The molecule has 2 aromatic heterocycles. The number of nitrogens with one attached hydrogen (secondary N) is 1. The first-order valence-corrected chi connectivity index (χ1v) is 10.9. The molecule has 1 N–H and O–H groups in total. The van der Waals surface area contributed by atoms with Crippen molar-refractivity contribution in [3.8, 4) is 17.2 Å². The average molecular weight is 456 g/mol. The Labute approximate surface area is 192 Å². The van der Waals surface area contributed by atoms with E-state index in [0.717, 1.165) is 18.4 Å². The van der Waals surface area contributed by atoms with Crippen LogP contribution in [-0.4, -0.2) is 29.1 Å². The normalized spacial score (nSPS) is 10.5. The van der Waals surface area contributed by atoms with Gasteiger partial charge in [-0.25, -0.2) is 4.98 Å². The molecule has 0 fully saturated rings. The van der Waals surface area contributed by atoms with Crippen molar-refractivity contribution in [2.24, 2.45) is 0 Å². The highest BCUT2D eigenvalue weighted by Gasteiger charge is 2.18. The second kappa shape index (κ2) is 11.9. The number of amides is 1. The summed E-state index contributed by atoms with van der Waals surface area (Å²) >= 11 is 6.41. The van der Waals surface area contributed by atoms with Gasteiger partial charge in [0.1, 0.15) is 6.61 Å². The predicted molar refractivity (Wildman–Crippen MR) is 124 cm³/mol. The Balaban J connectivity index is 1.76. The molecular weight excluding hydrogens is 430 g/mol. The first-order chi connectivity index (χ1) is 15.6. The number of unbranched alkanes of at least 4 members (excludes halogenated alkanes) is 1. The maximum atomic E-state index is 13.0. The van der Waals surface area contributed by atoms with Crippen molar-refractivity contribution in [1.29, 1.82) is 0 Å². The summed E-state index contributed by atoms with van der Waals surface area (Å²) in [6.45, 7) is 5.19. The highest BCUT2D eigenvalue weighted by atomic mass is 35.5. The molecular formula is C24H26ClN3O4. The van der Waals surface area contributed by atoms with Gasteiger partial charge in [0.05, 0.1) is 18.2 Å². The average Bonchev–Trinajstić information content (AvgIpc) is 2.81. The van der Waals surface area contributed by atoms with Crippen LogP contribution >= 0.6 is 11.6 Å². The Morgan fingerprint density at radius 2 is 1.84 bits per heavy atom. The van der Waals surface area contributed by atoms with E-state index in [9.17, 15) is 4.79 Å². The van der Waals surface area contributed by atoms with Crippen molar-refractivity contribution in [1.82, 2.24) is 9.97 Å². The van der Waals surface area contributed by atoms with E-state index in [0.29, 0.717) is 53.5 Å². The minimum Gasteiger partial charge on any atom is -0.490 e. The van der Waals surface area contributed by atoms with Gasteiger partial charge in [-0.2, -0.15) is 0 Å². The molecule has 1 aromatic carbocycles. The zero-order valence-electron chi connectivity index (χ0n) is 18.1. The maximum Gasteiger partial charge on any atom is 0.257 e. The number of carbonyl (C=O) groups is 1. The van der Waals surface area contributed by atoms with Gasteiger partial charge in [0.25, 0.3) is 5.91 Å². The molecule has 0 unspecified atom stereocenters. The van der Waals surface area contributed by atoms with Gasteiger partial charge in [-0.15, -0.1) is 0 Å². The van der Waals surface area contributed by atoms with E-state index >= 15 is 0 Å². The topological polar surface area (TPSA) is 82.6 Å². The van der Waals surface area contributed by atoms with Gasteiger partial charge < -0.3 is 19.5 Å². The molecule has 0 aliphatic heterocycles. The first-order valence-electron chi connectivity index (χ1n) is 10.5. The molecule has 0 spiro atoms. The van der Waals surface area contributed by atoms with Crippen LogP contribution < -0.4 is 19.5 Å². The van der Waals surface area contributed by atoms with Crippen molar-refractivity contribution in [2.45, 2.75) is 33.3 Å². The predicted octanol–water partition coefficient (Wildman–Crippen LogP) is 5.54. The Hall–Kier alpha value is -3.32. The van der Waals surface area contributed by atoms with Gasteiger partial charge in [-0.1, -0.05) is 24.9 Å². The minimum absolute atomic E-state index is 0.309. The largest absolute Gasteiger partial charge is 0.490 e. The standard InChI is InChI=1S/C24H26ClN3O4/c1-3-5-13-31-22-19(25)14-18(15-21(22)30-4-2)24(29)28-23-20(7-6-10-27-23)32-16-17-8-11-26-12-9-17/h6-12,14-15H,3-5,13,16H2,1-2H3,(H,27,28,29). The molecule has 0 radical (unpaired) electrons. The van der Waals surface area contributed by atoms with E-state index in [1.54, 1.807) is 42.9 Å². The van der Waals surface area contributed by atoms with Gasteiger partial charge in [0.15, 0.2) is 23.1 Å². The SMILES string of the molecule is CCCCOc1c(Cl)cc(C(=O)Nc2ncccc2OCc2ccncc2)cc1OCC. The van der Waals surface area contributed by atoms with E-state index in [4.69, 9.17) is 25.8 Å². The summed E-state index contributed by atoms with van der Waals surface area (Å²) in [5, 5.41) is 3.10. The van der Waals surface area contributed by atoms with Gasteiger partial charge >= 0.3 is 0 Å². The van der Waals surface area contributed by atoms with Crippen LogP contribution in [0.1, 0.15) is 42.6 Å². The summed E-state index contributed by atoms with van der Waals surface area (Å²) in [5.41, 5.74) is 1.28. The number of pyridine rings is 2. The molecule has 0 saturated carbocycles. The van der Waals surface area contributed by atoms with Crippen LogP contribution in [0.4, 0.5) is 5.82 Å². The Morgan fingerprint density at radius 3 is 2.59 bits per heavy atom. The van der Waals surface area contributed by atoms with Crippen molar-refractivity contribution in [2.75, 3.05) is 18.5 Å². The molecule has 1 amide bonds. The Bertz CT molecular complexity index is 1030. The summed E-state index contributed by atoms with van der Waals surface area (Å²) in [5.74, 6) is 1.24. The zero-order chi connectivity index (χ0) is 22.8. The monoisotopic (exact) mass is 455 g/mol. The summed E-state index contributed by atoms with van der Waals surface area (Å²) in [6.07, 6.45) is 6.86. The molecule has 3 rings (SSSR count). The fraction of sp³-hybridized carbons (Fsp3) is 0.292. The number of nitrogens with zero attached hydrogens (tertiary/aromatic N) is 2. The molecule has 0 aliphatic carbocycles. The van der Waals surface area contributed by atoms with Crippen molar-refractivity contribution < 1.29 is 19.0 Å². The van der Waals surface area contributed by atoms with Gasteiger partial charge in [0.2, 0.25) is 0 Å². The lowest BCUT2D eigenvalue weighted by Crippen LogP contribution is -2.15. The van der Waals surface area contributed by atoms with Gasteiger partial charge in [0, 0.05) is 24.2 Å². The quantitative estimate of drug-likeness (QED) is 0.382. The molecule has 3 aromatic rings. The molecule has 0 bridgehead atoms. The summed E-state index contributed by atoms with van der Waals surface area (Å²) in [7, 11) is 0. The number of aromatic nitrogens is 2. The van der Waals surface area contributed by atoms with E-state index in [1.807, 2.05) is 19.1 Å². The van der Waals surface area contributed by atoms with E-state index < -0.39 is 0 Å². The number of anilines is 1. The summed E-state index contributed by atoms with van der Waals surface area (Å²) in [6, 6.07) is 10.4. The number of ether oxygens (including phenoxy) is 3. The summed E-state index contributed by atoms with van der Waals surface area (Å²) < 4.78 is 17.3. The number of hydrogen-bond acceptors (Lipinski definition) is 6. The maximum absolute atomic E-state index is 13.0. The van der Waals surface area contributed by atoms with Crippen LogP contribution in [0.3, 0.4) is 0 Å². The molecule has 0 saturated heterocycles. The van der Waals surface area contributed by atoms with Crippen LogP contribution in [0.15, 0.2) is 55.0 Å². The van der Waals surface area contributed by atoms with E-state index in [2.05, 4.69) is 22.2 Å². The third kappa shape index (κ3) is 6.34. The third-order valence-electron chi connectivity index (χ3n) is 4.46. The van der Waals surface area contributed by atoms with Crippen molar-refractivity contribution >= 4 is 23.3 Å². The van der Waals surface area contributed by atoms with Gasteiger partial charge in [-0.3, -0.25) is 9.78 Å². The lowest BCUT2D eigenvalue weighted by molar-refractivity contribution is 0.102. The summed E-state index contributed by atoms with van der Waals surface area (Å²) in [4.78, 5) is 21.2. The first kappa shape index (κ1) is 23.3. The highest BCUT2D eigenvalue weighted by Crippen LogP contribution is 2.37. The fourth-order valence-electron chi connectivity index (χ4n) is 2.84. The Kier molecular flexibility index (Phi) is 8.69. The van der Waals surface area contributed by atoms with E-state index in [-0.39, 0.29) is 5.91 Å². The number of hydrogen-bond donors (Lipinski definition) is 1. The van der Waals surface area contributed by atoms with Crippen LogP contribution in [-0.2, 0) is 6.61 Å². The third-order valence-corrected chi connectivity index (χ3v) is 4.74. The van der Waals surface area contributed by atoms with Crippen molar-refractivity contribution in [3.05, 3.63) is 71.1 Å². The molecule has 0 aliphatic rings. The molecule has 7 nitrogen and oxygen atoms in total. The number of rotatable bonds is 11. The number of carbonyl (C=O) groups excluding carboxylic acids is 1. The lowest BCUT2D eigenvalue weighted by Gasteiger charge is -2.15.